The van der Waals surface area contributed by atoms with Crippen LogP contribution in [0.3, 0.4) is 0 Å². The van der Waals surface area contributed by atoms with Gasteiger partial charge in [0.1, 0.15) is 0 Å². The van der Waals surface area contributed by atoms with Gasteiger partial charge in [-0.15, -0.1) is 0 Å². The number of amides is 1. The Morgan fingerprint density at radius 3 is 2.83 bits per heavy atom. The van der Waals surface area contributed by atoms with E-state index in [1.165, 1.54) is 6.42 Å². The smallest absolute Gasteiger partial charge is 0.407 e. The molecule has 0 saturated heterocycles. The van der Waals surface area contributed by atoms with Crippen molar-refractivity contribution >= 4 is 6.09 Å². The Balaban J connectivity index is 2.11. The molecule has 1 aliphatic carbocycles. The summed E-state index contributed by atoms with van der Waals surface area (Å²) >= 11 is 0. The minimum Gasteiger partial charge on any atom is -0.449 e. The molecule has 0 bridgehead atoms. The van der Waals surface area contributed by atoms with Crippen LogP contribution in [0.15, 0.2) is 24.3 Å². The van der Waals surface area contributed by atoms with E-state index in [4.69, 9.17) is 4.74 Å². The predicted octanol–water partition coefficient (Wildman–Crippen LogP) is 3.67. The Morgan fingerprint density at radius 1 is 1.44 bits per heavy atom. The lowest BCUT2D eigenvalue weighted by atomic mass is 9.94. The fourth-order valence-corrected chi connectivity index (χ4v) is 1.73. The summed E-state index contributed by atoms with van der Waals surface area (Å²) in [5.74, 6) is 0.627. The molecule has 18 heavy (non-hydrogen) atoms. The van der Waals surface area contributed by atoms with Crippen LogP contribution >= 0.6 is 0 Å². The molecular weight excluding hydrogens is 226 g/mol. The molecule has 1 amide bonds. The number of nitrogens with one attached hydrogen (secondary N) is 1. The van der Waals surface area contributed by atoms with Crippen molar-refractivity contribution in [3.63, 3.8) is 0 Å². The van der Waals surface area contributed by atoms with Crippen LogP contribution in [-0.2, 0) is 4.74 Å². The van der Waals surface area contributed by atoms with E-state index in [0.717, 1.165) is 12.8 Å². The first-order valence-electron chi connectivity index (χ1n) is 6.70. The topological polar surface area (TPSA) is 38.3 Å². The zero-order valence-corrected chi connectivity index (χ0v) is 11.7. The fraction of sp³-hybridized carbons (Fsp3) is 0.667. The van der Waals surface area contributed by atoms with Crippen LogP contribution in [0.4, 0.5) is 4.79 Å². The molecular formula is C15H25NO2. The highest BCUT2D eigenvalue weighted by atomic mass is 16.5. The van der Waals surface area contributed by atoms with Crippen LogP contribution in [0, 0.1) is 11.3 Å². The molecule has 1 N–H and O–H groups in total. The van der Waals surface area contributed by atoms with Crippen molar-refractivity contribution in [1.29, 1.82) is 0 Å². The highest BCUT2D eigenvalue weighted by molar-refractivity contribution is 5.67. The second-order valence-electron chi connectivity index (χ2n) is 5.99. The van der Waals surface area contributed by atoms with Crippen LogP contribution < -0.4 is 5.32 Å². The monoisotopic (exact) mass is 251 g/mol. The minimum atomic E-state index is -0.335. The fourth-order valence-electron chi connectivity index (χ4n) is 1.73. The molecule has 0 aromatic heterocycles. The number of carbonyl (C=O) groups is 1. The SMILES string of the molecule is CC(C)(C)COC(=O)NCC=CC1CC=CCC1. The van der Waals surface area contributed by atoms with Gasteiger partial charge in [-0.2, -0.15) is 0 Å². The van der Waals surface area contributed by atoms with Gasteiger partial charge in [-0.1, -0.05) is 45.1 Å². The average Bonchev–Trinajstić information content (AvgIpc) is 2.33. The van der Waals surface area contributed by atoms with Crippen molar-refractivity contribution in [3.8, 4) is 0 Å². The van der Waals surface area contributed by atoms with Crippen molar-refractivity contribution in [2.45, 2.75) is 40.0 Å². The molecule has 0 fully saturated rings. The Morgan fingerprint density at radius 2 is 2.22 bits per heavy atom. The van der Waals surface area contributed by atoms with Gasteiger partial charge >= 0.3 is 6.09 Å². The third-order valence-corrected chi connectivity index (χ3v) is 2.72. The molecule has 102 valence electrons. The maximum atomic E-state index is 11.4. The van der Waals surface area contributed by atoms with E-state index < -0.39 is 0 Å². The Kier molecular flexibility index (Phi) is 5.96. The summed E-state index contributed by atoms with van der Waals surface area (Å²) < 4.78 is 5.10. The molecule has 0 saturated carbocycles. The molecule has 0 radical (unpaired) electrons. The molecule has 1 rings (SSSR count). The lowest BCUT2D eigenvalue weighted by Crippen LogP contribution is -2.28. The van der Waals surface area contributed by atoms with E-state index in [0.29, 0.717) is 19.1 Å². The molecule has 0 aromatic carbocycles. The number of alkyl carbamates (subject to hydrolysis) is 1. The predicted molar refractivity (Wildman–Crippen MR) is 74.4 cm³/mol. The summed E-state index contributed by atoms with van der Waals surface area (Å²) in [5.41, 5.74) is 0.0155. The van der Waals surface area contributed by atoms with Gasteiger partial charge < -0.3 is 10.1 Å². The van der Waals surface area contributed by atoms with Gasteiger partial charge in [-0.25, -0.2) is 4.79 Å². The quantitative estimate of drug-likeness (QED) is 0.774. The first kappa shape index (κ1) is 14.8. The minimum absolute atomic E-state index is 0.0155. The molecule has 0 spiro atoms. The van der Waals surface area contributed by atoms with E-state index in [1.807, 2.05) is 26.8 Å². The van der Waals surface area contributed by atoms with Gasteiger partial charge in [0, 0.05) is 6.54 Å². The largest absolute Gasteiger partial charge is 0.449 e. The second kappa shape index (κ2) is 7.24. The average molecular weight is 251 g/mol. The lowest BCUT2D eigenvalue weighted by molar-refractivity contribution is 0.107. The Hall–Kier alpha value is -1.25. The zero-order valence-electron chi connectivity index (χ0n) is 11.7. The maximum absolute atomic E-state index is 11.4. The molecule has 0 heterocycles. The van der Waals surface area contributed by atoms with Gasteiger partial charge in [-0.05, 0) is 30.6 Å². The number of rotatable bonds is 4. The molecule has 3 heteroatoms. The Bertz CT molecular complexity index is 313. The number of allylic oxidation sites excluding steroid dienone is 3. The standard InChI is InChI=1S/C15H25NO2/c1-15(2,3)12-18-14(17)16-11-7-10-13-8-5-4-6-9-13/h4-5,7,10,13H,6,8-9,11-12H2,1-3H3,(H,16,17). The zero-order chi connectivity index (χ0) is 13.4. The third-order valence-electron chi connectivity index (χ3n) is 2.72. The summed E-state index contributed by atoms with van der Waals surface area (Å²) in [5, 5.41) is 2.73. The molecule has 1 unspecified atom stereocenters. The highest BCUT2D eigenvalue weighted by Gasteiger charge is 2.13. The molecule has 0 aliphatic heterocycles. The van der Waals surface area contributed by atoms with Crippen molar-refractivity contribution in [3.05, 3.63) is 24.3 Å². The van der Waals surface area contributed by atoms with E-state index >= 15 is 0 Å². The molecule has 1 atom stereocenters. The van der Waals surface area contributed by atoms with Crippen LogP contribution in [0.1, 0.15) is 40.0 Å². The molecule has 0 aromatic rings. The van der Waals surface area contributed by atoms with E-state index in [-0.39, 0.29) is 11.5 Å². The van der Waals surface area contributed by atoms with Gasteiger partial charge in [0.15, 0.2) is 0 Å². The van der Waals surface area contributed by atoms with Crippen molar-refractivity contribution in [1.82, 2.24) is 5.32 Å². The maximum Gasteiger partial charge on any atom is 0.407 e. The van der Waals surface area contributed by atoms with Crippen LogP contribution in [-0.4, -0.2) is 19.2 Å². The first-order valence-corrected chi connectivity index (χ1v) is 6.70. The van der Waals surface area contributed by atoms with Crippen LogP contribution in [0.5, 0.6) is 0 Å². The summed E-state index contributed by atoms with van der Waals surface area (Å²) in [6.45, 7) is 7.10. The lowest BCUT2D eigenvalue weighted by Gasteiger charge is -2.17. The van der Waals surface area contributed by atoms with Gasteiger partial charge in [0.05, 0.1) is 6.61 Å². The van der Waals surface area contributed by atoms with Gasteiger partial charge in [0.2, 0.25) is 0 Å². The summed E-state index contributed by atoms with van der Waals surface area (Å²) in [4.78, 5) is 11.4. The third kappa shape index (κ3) is 7.15. The number of hydrogen-bond acceptors (Lipinski definition) is 2. The van der Waals surface area contributed by atoms with E-state index in [2.05, 4.69) is 23.5 Å². The Labute approximate surface area is 110 Å². The van der Waals surface area contributed by atoms with Crippen LogP contribution in [0.25, 0.3) is 0 Å². The molecule has 3 nitrogen and oxygen atoms in total. The van der Waals surface area contributed by atoms with Crippen molar-refractivity contribution in [2.24, 2.45) is 11.3 Å². The first-order chi connectivity index (χ1) is 8.47. The van der Waals surface area contributed by atoms with Crippen molar-refractivity contribution in [2.75, 3.05) is 13.2 Å². The van der Waals surface area contributed by atoms with E-state index in [9.17, 15) is 4.79 Å². The number of carbonyl (C=O) groups excluding carboxylic acids is 1. The summed E-state index contributed by atoms with van der Waals surface area (Å²) in [7, 11) is 0. The second-order valence-corrected chi connectivity index (χ2v) is 5.99. The van der Waals surface area contributed by atoms with Crippen LogP contribution in [0.2, 0.25) is 0 Å². The highest BCUT2D eigenvalue weighted by Crippen LogP contribution is 2.18. The van der Waals surface area contributed by atoms with Gasteiger partial charge in [0.25, 0.3) is 0 Å². The number of hydrogen-bond donors (Lipinski definition) is 1. The van der Waals surface area contributed by atoms with E-state index in [1.54, 1.807) is 0 Å². The van der Waals surface area contributed by atoms with Crippen molar-refractivity contribution < 1.29 is 9.53 Å². The summed E-state index contributed by atoms with van der Waals surface area (Å²) in [6, 6.07) is 0. The number of ether oxygens (including phenoxy) is 1. The van der Waals surface area contributed by atoms with Gasteiger partial charge in [-0.3, -0.25) is 0 Å². The normalized spacial score (nSPS) is 20.1. The summed E-state index contributed by atoms with van der Waals surface area (Å²) in [6.07, 6.45) is 11.8. The molecule has 1 aliphatic rings.